The summed E-state index contributed by atoms with van der Waals surface area (Å²) in [6.07, 6.45) is 4.76. The lowest BCUT2D eigenvalue weighted by molar-refractivity contribution is -0.212. The highest BCUT2D eigenvalue weighted by atomic mass is 16.6. The molecule has 0 unspecified atom stereocenters. The van der Waals surface area contributed by atoms with Crippen molar-refractivity contribution in [2.45, 2.75) is 88.3 Å². The highest BCUT2D eigenvalue weighted by Gasteiger charge is 2.83. The van der Waals surface area contributed by atoms with Crippen LogP contribution in [0.4, 0.5) is 0 Å². The Labute approximate surface area is 176 Å². The zero-order valence-electron chi connectivity index (χ0n) is 17.7. The number of fused-ring (bicyclic) bond motifs is 3. The van der Waals surface area contributed by atoms with E-state index in [1.807, 2.05) is 6.07 Å². The van der Waals surface area contributed by atoms with Gasteiger partial charge in [0.15, 0.2) is 0 Å². The molecule has 11 atom stereocenters. The van der Waals surface area contributed by atoms with Crippen LogP contribution in [0.2, 0.25) is 0 Å². The number of epoxide rings is 1. The smallest absolute Gasteiger partial charge is 0.335 e. The van der Waals surface area contributed by atoms with Crippen molar-refractivity contribution in [2.24, 2.45) is 28.6 Å². The second-order valence-corrected chi connectivity index (χ2v) is 11.1. The fraction of sp³-hybridized carbons (Fsp3) is 0.792. The number of ether oxygens (including phenoxy) is 1. The average molecular weight is 417 g/mol. The van der Waals surface area contributed by atoms with Crippen LogP contribution in [0.1, 0.15) is 63.9 Å². The number of rotatable bonds is 1. The molecule has 1 saturated heterocycles. The predicted molar refractivity (Wildman–Crippen MR) is 108 cm³/mol. The summed E-state index contributed by atoms with van der Waals surface area (Å²) in [5, 5.41) is 32.9. The molecule has 0 amide bonds. The van der Waals surface area contributed by atoms with Crippen LogP contribution in [-0.2, 0) is 4.74 Å². The molecule has 0 radical (unpaired) electrons. The number of hydrogen-bond donors (Lipinski definition) is 3. The summed E-state index contributed by atoms with van der Waals surface area (Å²) >= 11 is 0. The summed E-state index contributed by atoms with van der Waals surface area (Å²) in [5.74, 6) is 0.838. The Morgan fingerprint density at radius 2 is 1.77 bits per heavy atom. The van der Waals surface area contributed by atoms with E-state index in [1.165, 1.54) is 6.07 Å². The largest absolute Gasteiger partial charge is 0.431 e. The van der Waals surface area contributed by atoms with E-state index in [0.717, 1.165) is 31.2 Å². The van der Waals surface area contributed by atoms with Crippen molar-refractivity contribution in [1.29, 1.82) is 0 Å². The lowest BCUT2D eigenvalue weighted by atomic mass is 9.42. The van der Waals surface area contributed by atoms with E-state index >= 15 is 0 Å². The van der Waals surface area contributed by atoms with Gasteiger partial charge < -0.3 is 24.5 Å². The standard InChI is InChI=1S/C24H32O6/c1-22-13(7-14(25)8-18(22)26)4-5-15-17(22)9-19(27)23(2)16(10-20-24(15,23)30-20)12-3-6-21(28)29-11-12/h3,6,11,13-20,25-27H,4-5,7-10H2,1-2H3/t13-,14-,15-,16-,17+,18-,19+,20-,22+,23+,24-/m1/s1. The molecule has 0 aromatic carbocycles. The topological polar surface area (TPSA) is 103 Å². The van der Waals surface area contributed by atoms with Crippen LogP contribution in [0, 0.1) is 28.6 Å². The minimum absolute atomic E-state index is 0.0835. The molecule has 1 aliphatic heterocycles. The normalized spacial score (nSPS) is 56.4. The molecule has 5 fully saturated rings. The Hall–Kier alpha value is -1.21. The maximum atomic E-state index is 11.6. The van der Waals surface area contributed by atoms with Crippen molar-refractivity contribution >= 4 is 0 Å². The monoisotopic (exact) mass is 416 g/mol. The van der Waals surface area contributed by atoms with Gasteiger partial charge in [0.25, 0.3) is 0 Å². The molecule has 3 N–H and O–H groups in total. The molecule has 1 aromatic heterocycles. The summed E-state index contributed by atoms with van der Waals surface area (Å²) < 4.78 is 11.6. The van der Waals surface area contributed by atoms with Crippen molar-refractivity contribution in [3.63, 3.8) is 0 Å². The summed E-state index contributed by atoms with van der Waals surface area (Å²) in [4.78, 5) is 11.5. The molecule has 1 aromatic rings. The maximum absolute atomic E-state index is 11.6. The highest BCUT2D eigenvalue weighted by Crippen LogP contribution is 2.77. The molecule has 6 rings (SSSR count). The van der Waals surface area contributed by atoms with Crippen LogP contribution in [0.3, 0.4) is 0 Å². The van der Waals surface area contributed by atoms with E-state index in [-0.39, 0.29) is 40.5 Å². The summed E-state index contributed by atoms with van der Waals surface area (Å²) in [7, 11) is 0. The number of aliphatic hydroxyl groups excluding tert-OH is 3. The third kappa shape index (κ3) is 2.11. The van der Waals surface area contributed by atoms with Gasteiger partial charge >= 0.3 is 5.63 Å². The third-order valence-electron chi connectivity index (χ3n) is 10.4. The second kappa shape index (κ2) is 5.97. The molecule has 1 spiro atoms. The molecule has 5 aliphatic rings. The SMILES string of the molecule is C[C@]12[C@H](CC[C@@H]3[C@@H]1C[C@H](O)[C@]1(C)[C@@H](c4ccc(=O)oc4)C[C@H]4O[C@]341)C[C@@H](O)C[C@H]2O. The van der Waals surface area contributed by atoms with Crippen molar-refractivity contribution in [2.75, 3.05) is 0 Å². The van der Waals surface area contributed by atoms with Crippen LogP contribution in [-0.4, -0.2) is 45.3 Å². The average Bonchev–Trinajstić information content (AvgIpc) is 3.36. The molecule has 164 valence electrons. The van der Waals surface area contributed by atoms with Gasteiger partial charge in [0.05, 0.1) is 30.7 Å². The van der Waals surface area contributed by atoms with E-state index in [2.05, 4.69) is 13.8 Å². The quantitative estimate of drug-likeness (QED) is 0.607. The van der Waals surface area contributed by atoms with Crippen molar-refractivity contribution in [3.8, 4) is 0 Å². The van der Waals surface area contributed by atoms with Crippen LogP contribution in [0.5, 0.6) is 0 Å². The Kier molecular flexibility index (Phi) is 3.88. The van der Waals surface area contributed by atoms with Gasteiger partial charge in [-0.25, -0.2) is 4.79 Å². The van der Waals surface area contributed by atoms with Gasteiger partial charge in [0.2, 0.25) is 0 Å². The van der Waals surface area contributed by atoms with E-state index < -0.39 is 23.7 Å². The molecular weight excluding hydrogens is 384 g/mol. The predicted octanol–water partition coefficient (Wildman–Crippen LogP) is 2.20. The van der Waals surface area contributed by atoms with Crippen LogP contribution < -0.4 is 5.63 Å². The molecule has 4 aliphatic carbocycles. The van der Waals surface area contributed by atoms with Crippen molar-refractivity contribution in [3.05, 3.63) is 34.4 Å². The van der Waals surface area contributed by atoms with Crippen LogP contribution in [0.15, 0.2) is 27.6 Å². The minimum atomic E-state index is -0.558. The van der Waals surface area contributed by atoms with Gasteiger partial charge in [-0.2, -0.15) is 0 Å². The molecule has 4 saturated carbocycles. The zero-order chi connectivity index (χ0) is 21.1. The fourth-order valence-corrected chi connectivity index (χ4v) is 8.77. The second-order valence-electron chi connectivity index (χ2n) is 11.1. The third-order valence-corrected chi connectivity index (χ3v) is 10.4. The summed E-state index contributed by atoms with van der Waals surface area (Å²) in [5.41, 5.74) is -0.513. The van der Waals surface area contributed by atoms with Gasteiger partial charge in [0, 0.05) is 17.4 Å². The van der Waals surface area contributed by atoms with E-state index in [9.17, 15) is 20.1 Å². The van der Waals surface area contributed by atoms with E-state index in [1.54, 1.807) is 6.26 Å². The zero-order valence-corrected chi connectivity index (χ0v) is 17.7. The lowest BCUT2D eigenvalue weighted by Gasteiger charge is -2.63. The molecule has 6 nitrogen and oxygen atoms in total. The van der Waals surface area contributed by atoms with Crippen molar-refractivity contribution < 1.29 is 24.5 Å². The Bertz CT molecular complexity index is 908. The van der Waals surface area contributed by atoms with E-state index in [0.29, 0.717) is 18.8 Å². The first-order valence-electron chi connectivity index (χ1n) is 11.5. The molecule has 2 heterocycles. The molecule has 0 bridgehead atoms. The van der Waals surface area contributed by atoms with Crippen molar-refractivity contribution in [1.82, 2.24) is 0 Å². The molecule has 30 heavy (non-hydrogen) atoms. The lowest BCUT2D eigenvalue weighted by Crippen LogP contribution is -2.65. The highest BCUT2D eigenvalue weighted by molar-refractivity contribution is 5.36. The Morgan fingerprint density at radius 3 is 2.50 bits per heavy atom. The first-order valence-corrected chi connectivity index (χ1v) is 11.5. The summed E-state index contributed by atoms with van der Waals surface area (Å²) in [6, 6.07) is 3.30. The Balaban J connectivity index is 1.41. The van der Waals surface area contributed by atoms with Crippen LogP contribution in [0.25, 0.3) is 0 Å². The van der Waals surface area contributed by atoms with Gasteiger partial charge in [-0.1, -0.05) is 13.8 Å². The minimum Gasteiger partial charge on any atom is -0.431 e. The van der Waals surface area contributed by atoms with Gasteiger partial charge in [-0.3, -0.25) is 0 Å². The number of hydrogen-bond acceptors (Lipinski definition) is 6. The van der Waals surface area contributed by atoms with Gasteiger partial charge in [-0.15, -0.1) is 0 Å². The molecular formula is C24H32O6. The maximum Gasteiger partial charge on any atom is 0.335 e. The fourth-order valence-electron chi connectivity index (χ4n) is 8.77. The number of aliphatic hydroxyl groups is 3. The first-order chi connectivity index (χ1) is 14.2. The first kappa shape index (κ1) is 19.5. The van der Waals surface area contributed by atoms with Gasteiger partial charge in [0.1, 0.15) is 5.60 Å². The summed E-state index contributed by atoms with van der Waals surface area (Å²) in [6.45, 7) is 4.35. The Morgan fingerprint density at radius 1 is 0.967 bits per heavy atom. The van der Waals surface area contributed by atoms with Gasteiger partial charge in [-0.05, 0) is 73.3 Å². The van der Waals surface area contributed by atoms with E-state index in [4.69, 9.17) is 9.15 Å². The van der Waals surface area contributed by atoms with Crippen LogP contribution >= 0.6 is 0 Å². The molecule has 6 heteroatoms.